The zero-order chi connectivity index (χ0) is 16.5. The van der Waals surface area contributed by atoms with Gasteiger partial charge in [0.05, 0.1) is 0 Å². The maximum atomic E-state index is 12.8. The monoisotopic (exact) mass is 352 g/mol. The van der Waals surface area contributed by atoms with Crippen molar-refractivity contribution in [1.29, 1.82) is 0 Å². The third-order valence-corrected chi connectivity index (χ3v) is 3.29. The zero-order valence-electron chi connectivity index (χ0n) is 13.5. The van der Waals surface area contributed by atoms with Crippen LogP contribution in [-0.4, -0.2) is 19.5 Å². The number of hydrogen-bond donors (Lipinski definition) is 2. The molecule has 0 unspecified atom stereocenters. The Balaban J connectivity index is 0.00000288. The van der Waals surface area contributed by atoms with Crippen molar-refractivity contribution in [2.75, 3.05) is 13.6 Å². The Morgan fingerprint density at radius 2 is 1.62 bits per heavy atom. The van der Waals surface area contributed by atoms with Crippen molar-refractivity contribution >= 4 is 18.3 Å². The Bertz CT molecular complexity index is 618. The van der Waals surface area contributed by atoms with Crippen molar-refractivity contribution < 1.29 is 13.9 Å². The summed E-state index contributed by atoms with van der Waals surface area (Å²) in [6, 6.07) is 13.3. The highest BCUT2D eigenvalue weighted by Gasteiger charge is 2.02. The van der Waals surface area contributed by atoms with E-state index in [2.05, 4.69) is 10.6 Å². The third kappa shape index (κ3) is 6.98. The molecule has 0 atom stereocenters. The Kier molecular flexibility index (Phi) is 8.83. The van der Waals surface area contributed by atoms with Crippen molar-refractivity contribution in [3.8, 4) is 11.5 Å². The second kappa shape index (κ2) is 10.6. The van der Waals surface area contributed by atoms with E-state index in [9.17, 15) is 9.18 Å². The smallest absolute Gasteiger partial charge is 0.220 e. The molecule has 6 heteroatoms. The molecule has 0 fully saturated rings. The number of ether oxygens (including phenoxy) is 1. The zero-order valence-corrected chi connectivity index (χ0v) is 14.4. The summed E-state index contributed by atoms with van der Waals surface area (Å²) in [5, 5.41) is 5.90. The van der Waals surface area contributed by atoms with Crippen molar-refractivity contribution in [1.82, 2.24) is 10.6 Å². The van der Waals surface area contributed by atoms with Crippen LogP contribution in [0, 0.1) is 5.82 Å². The highest BCUT2D eigenvalue weighted by molar-refractivity contribution is 5.85. The molecular formula is C18H22ClFN2O2. The van der Waals surface area contributed by atoms with E-state index < -0.39 is 0 Å². The van der Waals surface area contributed by atoms with Crippen LogP contribution in [0.25, 0.3) is 0 Å². The van der Waals surface area contributed by atoms with Gasteiger partial charge in [-0.2, -0.15) is 0 Å². The second-order valence-corrected chi connectivity index (χ2v) is 5.18. The molecule has 1 amide bonds. The Hall–Kier alpha value is -2.11. The fraction of sp³-hybridized carbons (Fsp3) is 0.278. The van der Waals surface area contributed by atoms with E-state index in [1.807, 2.05) is 31.3 Å². The van der Waals surface area contributed by atoms with Gasteiger partial charge in [-0.15, -0.1) is 12.4 Å². The van der Waals surface area contributed by atoms with Gasteiger partial charge in [0, 0.05) is 13.0 Å². The third-order valence-electron chi connectivity index (χ3n) is 3.29. The minimum Gasteiger partial charge on any atom is -0.457 e. The molecule has 0 spiro atoms. The van der Waals surface area contributed by atoms with Gasteiger partial charge in [-0.3, -0.25) is 4.79 Å². The second-order valence-electron chi connectivity index (χ2n) is 5.18. The van der Waals surface area contributed by atoms with E-state index >= 15 is 0 Å². The summed E-state index contributed by atoms with van der Waals surface area (Å²) in [4.78, 5) is 11.6. The van der Waals surface area contributed by atoms with Gasteiger partial charge in [-0.1, -0.05) is 12.1 Å². The minimum atomic E-state index is -0.293. The highest BCUT2D eigenvalue weighted by atomic mass is 35.5. The first kappa shape index (κ1) is 19.9. The largest absolute Gasteiger partial charge is 0.457 e. The molecule has 2 aromatic carbocycles. The van der Waals surface area contributed by atoms with Gasteiger partial charge >= 0.3 is 0 Å². The molecule has 0 heterocycles. The fourth-order valence-electron chi connectivity index (χ4n) is 2.03. The van der Waals surface area contributed by atoms with E-state index in [4.69, 9.17) is 4.74 Å². The van der Waals surface area contributed by atoms with Crippen LogP contribution >= 0.6 is 12.4 Å². The maximum Gasteiger partial charge on any atom is 0.220 e. The molecule has 0 saturated carbocycles. The normalized spacial score (nSPS) is 9.92. The molecule has 0 aliphatic carbocycles. The van der Waals surface area contributed by atoms with E-state index in [1.54, 1.807) is 12.1 Å². The van der Waals surface area contributed by atoms with Gasteiger partial charge in [0.25, 0.3) is 0 Å². The standard InChI is InChI=1S/C18H21FN2O2.ClH/c1-20-12-2-3-18(22)21-13-14-4-8-16(9-5-14)23-17-10-6-15(19)7-11-17;/h4-11,20H,2-3,12-13H2,1H3,(H,21,22);1H. The van der Waals surface area contributed by atoms with Crippen molar-refractivity contribution in [2.24, 2.45) is 0 Å². The summed E-state index contributed by atoms with van der Waals surface area (Å²) >= 11 is 0. The molecule has 24 heavy (non-hydrogen) atoms. The molecule has 0 bridgehead atoms. The molecule has 0 aromatic heterocycles. The summed E-state index contributed by atoms with van der Waals surface area (Å²) in [6.07, 6.45) is 1.35. The minimum absolute atomic E-state index is 0. The molecule has 2 aromatic rings. The fourth-order valence-corrected chi connectivity index (χ4v) is 2.03. The van der Waals surface area contributed by atoms with Crippen LogP contribution in [0.3, 0.4) is 0 Å². The molecule has 2 rings (SSSR count). The predicted molar refractivity (Wildman–Crippen MR) is 95.2 cm³/mol. The molecule has 0 aliphatic heterocycles. The Labute approximate surface area is 147 Å². The molecule has 2 N–H and O–H groups in total. The maximum absolute atomic E-state index is 12.8. The summed E-state index contributed by atoms with van der Waals surface area (Å²) in [7, 11) is 1.87. The van der Waals surface area contributed by atoms with E-state index in [0.29, 0.717) is 24.5 Å². The number of carbonyl (C=O) groups excluding carboxylic acids is 1. The molecule has 130 valence electrons. The van der Waals surface area contributed by atoms with Gasteiger partial charge in [0.1, 0.15) is 17.3 Å². The number of carbonyl (C=O) groups is 1. The van der Waals surface area contributed by atoms with Crippen LogP contribution in [0.15, 0.2) is 48.5 Å². The van der Waals surface area contributed by atoms with E-state index in [-0.39, 0.29) is 24.1 Å². The van der Waals surface area contributed by atoms with E-state index in [0.717, 1.165) is 18.5 Å². The molecule has 0 radical (unpaired) electrons. The average molecular weight is 353 g/mol. The SMILES string of the molecule is CNCCCC(=O)NCc1ccc(Oc2ccc(F)cc2)cc1.Cl. The first-order chi connectivity index (χ1) is 11.2. The quantitative estimate of drug-likeness (QED) is 0.713. The van der Waals surface area contributed by atoms with Crippen LogP contribution in [0.1, 0.15) is 18.4 Å². The van der Waals surface area contributed by atoms with Crippen molar-refractivity contribution in [2.45, 2.75) is 19.4 Å². The number of amides is 1. The first-order valence-electron chi connectivity index (χ1n) is 7.61. The summed E-state index contributed by atoms with van der Waals surface area (Å²) in [5.41, 5.74) is 0.999. The summed E-state index contributed by atoms with van der Waals surface area (Å²) in [5.74, 6) is 1.00. The number of benzene rings is 2. The van der Waals surface area contributed by atoms with Crippen LogP contribution in [0.5, 0.6) is 11.5 Å². The van der Waals surface area contributed by atoms with Crippen molar-refractivity contribution in [3.05, 3.63) is 59.9 Å². The van der Waals surface area contributed by atoms with Crippen molar-refractivity contribution in [3.63, 3.8) is 0 Å². The molecule has 0 aliphatic rings. The molecular weight excluding hydrogens is 331 g/mol. The lowest BCUT2D eigenvalue weighted by molar-refractivity contribution is -0.121. The lowest BCUT2D eigenvalue weighted by Gasteiger charge is -2.08. The van der Waals surface area contributed by atoms with Crippen LogP contribution in [-0.2, 0) is 11.3 Å². The van der Waals surface area contributed by atoms with Crippen LogP contribution in [0.2, 0.25) is 0 Å². The predicted octanol–water partition coefficient (Wildman–Crippen LogP) is 3.66. The lowest BCUT2D eigenvalue weighted by Crippen LogP contribution is -2.23. The van der Waals surface area contributed by atoms with Gasteiger partial charge in [-0.05, 0) is 62.0 Å². The highest BCUT2D eigenvalue weighted by Crippen LogP contribution is 2.21. The van der Waals surface area contributed by atoms with Gasteiger partial charge in [0.15, 0.2) is 0 Å². The Morgan fingerprint density at radius 1 is 1.04 bits per heavy atom. The van der Waals surface area contributed by atoms with Crippen LogP contribution < -0.4 is 15.4 Å². The first-order valence-corrected chi connectivity index (χ1v) is 7.61. The number of halogens is 2. The number of rotatable bonds is 8. The van der Waals surface area contributed by atoms with Gasteiger partial charge < -0.3 is 15.4 Å². The molecule has 4 nitrogen and oxygen atoms in total. The summed E-state index contributed by atoms with van der Waals surface area (Å²) < 4.78 is 18.5. The molecule has 0 saturated heterocycles. The summed E-state index contributed by atoms with van der Waals surface area (Å²) in [6.45, 7) is 1.33. The van der Waals surface area contributed by atoms with Gasteiger partial charge in [0.2, 0.25) is 5.91 Å². The van der Waals surface area contributed by atoms with Gasteiger partial charge in [-0.25, -0.2) is 4.39 Å². The Morgan fingerprint density at radius 3 is 2.21 bits per heavy atom. The lowest BCUT2D eigenvalue weighted by atomic mass is 10.2. The van der Waals surface area contributed by atoms with Crippen LogP contribution in [0.4, 0.5) is 4.39 Å². The average Bonchev–Trinajstić information content (AvgIpc) is 2.57. The topological polar surface area (TPSA) is 50.4 Å². The number of hydrogen-bond acceptors (Lipinski definition) is 3. The van der Waals surface area contributed by atoms with E-state index in [1.165, 1.54) is 12.1 Å². The number of nitrogens with one attached hydrogen (secondary N) is 2.